The molecule has 0 saturated heterocycles. The van der Waals surface area contributed by atoms with Gasteiger partial charge in [0.1, 0.15) is 17.1 Å². The van der Waals surface area contributed by atoms with E-state index in [1.807, 2.05) is 12.1 Å². The van der Waals surface area contributed by atoms with Crippen LogP contribution in [0.1, 0.15) is 16.1 Å². The van der Waals surface area contributed by atoms with Gasteiger partial charge in [-0.3, -0.25) is 9.20 Å². The van der Waals surface area contributed by atoms with Gasteiger partial charge < -0.3 is 14.2 Å². The average Bonchev–Trinajstić information content (AvgIpc) is 3.04. The van der Waals surface area contributed by atoms with Crippen molar-refractivity contribution in [1.29, 1.82) is 0 Å². The topological polar surface area (TPSA) is 79.1 Å². The predicted molar refractivity (Wildman–Crippen MR) is 104 cm³/mol. The highest BCUT2D eigenvalue weighted by Gasteiger charge is 2.15. The molecule has 0 spiro atoms. The summed E-state index contributed by atoms with van der Waals surface area (Å²) in [5.41, 5.74) is 1.49. The number of esters is 1. The number of Topliss-reactive ketones (excluding diaryl/α,β-unsaturated/α-hetero) is 1. The van der Waals surface area contributed by atoms with Crippen LogP contribution < -0.4 is 9.47 Å². The van der Waals surface area contributed by atoms with Crippen LogP contribution in [0.15, 0.2) is 48.7 Å². The molecule has 1 aromatic carbocycles. The van der Waals surface area contributed by atoms with E-state index in [1.54, 1.807) is 34.9 Å². The number of hydrogen-bond acceptors (Lipinski definition) is 6. The first-order valence-electron chi connectivity index (χ1n) is 8.26. The highest BCUT2D eigenvalue weighted by atomic mass is 35.5. The number of imidazole rings is 1. The summed E-state index contributed by atoms with van der Waals surface area (Å²) in [6.45, 7) is -0.424. The number of ketones is 1. The van der Waals surface area contributed by atoms with Gasteiger partial charge in [0.15, 0.2) is 11.8 Å². The van der Waals surface area contributed by atoms with E-state index in [4.69, 9.17) is 25.8 Å². The van der Waals surface area contributed by atoms with Crippen LogP contribution in [0.2, 0.25) is 5.15 Å². The molecule has 2 aromatic heterocycles. The van der Waals surface area contributed by atoms with Gasteiger partial charge >= 0.3 is 5.97 Å². The molecular weight excluding hydrogens is 384 g/mol. The quantitative estimate of drug-likeness (QED) is 0.343. The van der Waals surface area contributed by atoms with E-state index in [0.29, 0.717) is 28.4 Å². The molecule has 7 nitrogen and oxygen atoms in total. The second-order valence-electron chi connectivity index (χ2n) is 5.65. The monoisotopic (exact) mass is 400 g/mol. The number of carbonyl (C=O) groups excluding carboxylic acids is 2. The first kappa shape index (κ1) is 19.4. The molecule has 0 aliphatic heterocycles. The van der Waals surface area contributed by atoms with Crippen LogP contribution in [0, 0.1) is 0 Å². The van der Waals surface area contributed by atoms with Crippen molar-refractivity contribution >= 4 is 35.1 Å². The summed E-state index contributed by atoms with van der Waals surface area (Å²) >= 11 is 6.10. The van der Waals surface area contributed by atoms with E-state index in [9.17, 15) is 9.59 Å². The standard InChI is InChI=1S/C20H17ClN2O5/c1-26-13-6-7-14(17(11-13)27-2)16(24)12-28-19(25)9-8-15-20(21)22-18-5-3-4-10-23(15)18/h3-11H,12H2,1-2H3/b9-8+. The highest BCUT2D eigenvalue weighted by molar-refractivity contribution is 6.31. The Kier molecular flexibility index (Phi) is 5.96. The summed E-state index contributed by atoms with van der Waals surface area (Å²) in [5.74, 6) is -0.177. The number of carbonyl (C=O) groups is 2. The van der Waals surface area contributed by atoms with Crippen LogP contribution in [-0.4, -0.2) is 42.0 Å². The second-order valence-corrected chi connectivity index (χ2v) is 6.01. The number of methoxy groups -OCH3 is 2. The molecule has 28 heavy (non-hydrogen) atoms. The van der Waals surface area contributed by atoms with Gasteiger partial charge in [-0.25, -0.2) is 9.78 Å². The van der Waals surface area contributed by atoms with Gasteiger partial charge in [-0.1, -0.05) is 17.7 Å². The zero-order chi connectivity index (χ0) is 20.1. The third-order valence-electron chi connectivity index (χ3n) is 3.95. The van der Waals surface area contributed by atoms with Gasteiger partial charge in [0.2, 0.25) is 5.78 Å². The SMILES string of the molecule is COc1ccc(C(=O)COC(=O)/C=C/c2c(Cl)nc3ccccn23)c(OC)c1. The van der Waals surface area contributed by atoms with Crippen LogP contribution in [0.5, 0.6) is 11.5 Å². The van der Waals surface area contributed by atoms with Crippen molar-refractivity contribution in [2.75, 3.05) is 20.8 Å². The molecule has 8 heteroatoms. The Hall–Kier alpha value is -3.32. The second kappa shape index (κ2) is 8.58. The minimum Gasteiger partial charge on any atom is -0.497 e. The summed E-state index contributed by atoms with van der Waals surface area (Å²) in [5, 5.41) is 0.259. The number of hydrogen-bond donors (Lipinski definition) is 0. The van der Waals surface area contributed by atoms with Crippen LogP contribution in [0.4, 0.5) is 0 Å². The van der Waals surface area contributed by atoms with Gasteiger partial charge in [-0.15, -0.1) is 0 Å². The first-order chi connectivity index (χ1) is 13.5. The minimum absolute atomic E-state index is 0.259. The molecule has 2 heterocycles. The van der Waals surface area contributed by atoms with Gasteiger partial charge in [0, 0.05) is 18.3 Å². The molecule has 0 aliphatic rings. The summed E-state index contributed by atoms with van der Waals surface area (Å²) in [7, 11) is 2.96. The van der Waals surface area contributed by atoms with Crippen molar-refractivity contribution < 1.29 is 23.8 Å². The van der Waals surface area contributed by atoms with Crippen LogP contribution in [-0.2, 0) is 9.53 Å². The van der Waals surface area contributed by atoms with E-state index in [1.165, 1.54) is 26.4 Å². The minimum atomic E-state index is -0.678. The fourth-order valence-corrected chi connectivity index (χ4v) is 2.81. The van der Waals surface area contributed by atoms with Crippen molar-refractivity contribution in [3.8, 4) is 11.5 Å². The lowest BCUT2D eigenvalue weighted by molar-refractivity contribution is -0.136. The Morgan fingerprint density at radius 1 is 1.18 bits per heavy atom. The fraction of sp³-hybridized carbons (Fsp3) is 0.150. The molecule has 0 fully saturated rings. The van der Waals surface area contributed by atoms with Gasteiger partial charge in [-0.2, -0.15) is 0 Å². The molecule has 0 radical (unpaired) electrons. The Labute approximate surface area is 166 Å². The number of rotatable bonds is 7. The maximum absolute atomic E-state index is 12.3. The smallest absolute Gasteiger partial charge is 0.331 e. The molecule has 3 rings (SSSR count). The number of aromatic nitrogens is 2. The Bertz CT molecular complexity index is 1060. The summed E-state index contributed by atoms with van der Waals surface area (Å²) in [6, 6.07) is 10.2. The van der Waals surface area contributed by atoms with Crippen molar-refractivity contribution in [3.63, 3.8) is 0 Å². The number of halogens is 1. The maximum atomic E-state index is 12.3. The lowest BCUT2D eigenvalue weighted by atomic mass is 10.1. The lowest BCUT2D eigenvalue weighted by Crippen LogP contribution is -2.13. The molecule has 0 saturated carbocycles. The number of pyridine rings is 1. The zero-order valence-electron chi connectivity index (χ0n) is 15.2. The van der Waals surface area contributed by atoms with Crippen molar-refractivity contribution in [1.82, 2.24) is 9.38 Å². The number of nitrogens with zero attached hydrogens (tertiary/aromatic N) is 2. The van der Waals surface area contributed by atoms with E-state index in [-0.39, 0.29) is 5.15 Å². The lowest BCUT2D eigenvalue weighted by Gasteiger charge is -2.09. The number of benzene rings is 1. The molecule has 0 aliphatic carbocycles. The average molecular weight is 401 g/mol. The number of ether oxygens (including phenoxy) is 3. The normalized spacial score (nSPS) is 11.0. The largest absolute Gasteiger partial charge is 0.497 e. The third-order valence-corrected chi connectivity index (χ3v) is 4.23. The van der Waals surface area contributed by atoms with Crippen molar-refractivity contribution in [2.24, 2.45) is 0 Å². The molecule has 0 unspecified atom stereocenters. The molecule has 0 bridgehead atoms. The molecule has 144 valence electrons. The van der Waals surface area contributed by atoms with Crippen LogP contribution in [0.3, 0.4) is 0 Å². The third kappa shape index (κ3) is 4.15. The Balaban J connectivity index is 1.66. The molecule has 3 aromatic rings. The van der Waals surface area contributed by atoms with Gasteiger partial charge in [-0.05, 0) is 30.3 Å². The summed E-state index contributed by atoms with van der Waals surface area (Å²) < 4.78 is 17.0. The van der Waals surface area contributed by atoms with E-state index >= 15 is 0 Å². The van der Waals surface area contributed by atoms with Crippen molar-refractivity contribution in [3.05, 3.63) is 65.1 Å². The fourth-order valence-electron chi connectivity index (χ4n) is 2.57. The predicted octanol–water partition coefficient (Wildman–Crippen LogP) is 3.44. The highest BCUT2D eigenvalue weighted by Crippen LogP contribution is 2.25. The molecular formula is C20H17ClN2O5. The molecule has 0 N–H and O–H groups in total. The van der Waals surface area contributed by atoms with E-state index in [0.717, 1.165) is 0 Å². The van der Waals surface area contributed by atoms with Gasteiger partial charge in [0.25, 0.3) is 0 Å². The van der Waals surface area contributed by atoms with Crippen molar-refractivity contribution in [2.45, 2.75) is 0 Å². The Morgan fingerprint density at radius 3 is 2.75 bits per heavy atom. The maximum Gasteiger partial charge on any atom is 0.331 e. The van der Waals surface area contributed by atoms with E-state index < -0.39 is 18.4 Å². The van der Waals surface area contributed by atoms with Crippen LogP contribution >= 0.6 is 11.6 Å². The van der Waals surface area contributed by atoms with Crippen LogP contribution in [0.25, 0.3) is 11.7 Å². The first-order valence-corrected chi connectivity index (χ1v) is 8.64. The Morgan fingerprint density at radius 2 is 2.00 bits per heavy atom. The summed E-state index contributed by atoms with van der Waals surface area (Å²) in [4.78, 5) is 28.5. The van der Waals surface area contributed by atoms with Gasteiger partial charge in [0.05, 0.1) is 25.5 Å². The molecule has 0 atom stereocenters. The number of fused-ring (bicyclic) bond motifs is 1. The van der Waals surface area contributed by atoms with E-state index in [2.05, 4.69) is 4.98 Å². The summed E-state index contributed by atoms with van der Waals surface area (Å²) in [6.07, 6.45) is 4.46. The zero-order valence-corrected chi connectivity index (χ0v) is 16.0. The molecule has 0 amide bonds.